The van der Waals surface area contributed by atoms with E-state index in [2.05, 4.69) is 31.1 Å². The molecule has 0 saturated heterocycles. The first-order chi connectivity index (χ1) is 10.6. The Morgan fingerprint density at radius 2 is 1.64 bits per heavy atom. The molecule has 0 spiro atoms. The first kappa shape index (κ1) is 15.9. The molecular formula is C18H21NO3. The van der Waals surface area contributed by atoms with Gasteiger partial charge in [0.05, 0.1) is 6.21 Å². The van der Waals surface area contributed by atoms with Crippen LogP contribution in [0.25, 0.3) is 0 Å². The van der Waals surface area contributed by atoms with Crippen LogP contribution < -0.4 is 9.47 Å². The number of para-hydroxylation sites is 1. The van der Waals surface area contributed by atoms with E-state index in [0.29, 0.717) is 19.0 Å². The predicted molar refractivity (Wildman–Crippen MR) is 87.5 cm³/mol. The van der Waals surface area contributed by atoms with Gasteiger partial charge in [-0.1, -0.05) is 29.4 Å². The van der Waals surface area contributed by atoms with Gasteiger partial charge in [0.15, 0.2) is 0 Å². The highest BCUT2D eigenvalue weighted by Gasteiger charge is 2.06. The molecule has 0 amide bonds. The van der Waals surface area contributed by atoms with Crippen molar-refractivity contribution in [3.05, 3.63) is 58.7 Å². The lowest BCUT2D eigenvalue weighted by atomic mass is 10.1. The van der Waals surface area contributed by atoms with E-state index in [1.807, 2.05) is 31.2 Å². The van der Waals surface area contributed by atoms with Crippen LogP contribution in [0.3, 0.4) is 0 Å². The molecule has 0 atom stereocenters. The van der Waals surface area contributed by atoms with Crippen molar-refractivity contribution in [2.75, 3.05) is 13.2 Å². The summed E-state index contributed by atoms with van der Waals surface area (Å²) in [5.41, 5.74) is 4.22. The minimum Gasteiger partial charge on any atom is -0.489 e. The Morgan fingerprint density at radius 3 is 2.41 bits per heavy atom. The summed E-state index contributed by atoms with van der Waals surface area (Å²) in [6.07, 6.45) is 1.35. The summed E-state index contributed by atoms with van der Waals surface area (Å²) < 4.78 is 11.6. The van der Waals surface area contributed by atoms with Gasteiger partial charge in [-0.3, -0.25) is 0 Å². The van der Waals surface area contributed by atoms with Crippen molar-refractivity contribution < 1.29 is 14.7 Å². The zero-order valence-electron chi connectivity index (χ0n) is 13.2. The number of rotatable bonds is 6. The lowest BCUT2D eigenvalue weighted by Crippen LogP contribution is -2.11. The molecule has 22 heavy (non-hydrogen) atoms. The Hall–Kier alpha value is -2.49. The van der Waals surface area contributed by atoms with Crippen LogP contribution in [0.15, 0.2) is 41.6 Å². The topological polar surface area (TPSA) is 51.0 Å². The van der Waals surface area contributed by atoms with Crippen LogP contribution in [0.4, 0.5) is 0 Å². The second kappa shape index (κ2) is 7.50. The van der Waals surface area contributed by atoms with Gasteiger partial charge in [-0.05, 0) is 49.6 Å². The van der Waals surface area contributed by atoms with Crippen molar-refractivity contribution in [1.29, 1.82) is 0 Å². The minimum absolute atomic E-state index is 0.420. The number of nitrogens with zero attached hydrogens (tertiary/aromatic N) is 1. The Bertz CT molecular complexity index is 665. The van der Waals surface area contributed by atoms with E-state index in [1.165, 1.54) is 11.8 Å². The highest BCUT2D eigenvalue weighted by atomic mass is 16.5. The first-order valence-corrected chi connectivity index (χ1v) is 7.22. The van der Waals surface area contributed by atoms with Gasteiger partial charge in [0.25, 0.3) is 0 Å². The Morgan fingerprint density at radius 1 is 0.955 bits per heavy atom. The molecule has 0 unspecified atom stereocenters. The third kappa shape index (κ3) is 3.79. The highest BCUT2D eigenvalue weighted by Crippen LogP contribution is 2.25. The first-order valence-electron chi connectivity index (χ1n) is 7.22. The standard InChI is InChI=1S/C18H21NO3/c1-13-8-9-14(2)18(15(13)3)22-11-10-21-17-7-5-4-6-16(17)12-19-20/h4-9,12,20H,10-11H2,1-3H3. The molecule has 0 aliphatic carbocycles. The van der Waals surface area contributed by atoms with Gasteiger partial charge in [-0.2, -0.15) is 0 Å². The van der Waals surface area contributed by atoms with E-state index in [1.54, 1.807) is 0 Å². The molecule has 1 N–H and O–H groups in total. The van der Waals surface area contributed by atoms with E-state index in [9.17, 15) is 0 Å². The molecule has 0 aliphatic rings. The molecular weight excluding hydrogens is 278 g/mol. The Balaban J connectivity index is 1.95. The molecule has 0 radical (unpaired) electrons. The van der Waals surface area contributed by atoms with Gasteiger partial charge in [0.2, 0.25) is 0 Å². The third-order valence-corrected chi connectivity index (χ3v) is 3.58. The maximum Gasteiger partial charge on any atom is 0.128 e. The van der Waals surface area contributed by atoms with Crippen molar-refractivity contribution in [3.8, 4) is 11.5 Å². The van der Waals surface area contributed by atoms with E-state index in [4.69, 9.17) is 14.7 Å². The van der Waals surface area contributed by atoms with Gasteiger partial charge >= 0.3 is 0 Å². The summed E-state index contributed by atoms with van der Waals surface area (Å²) >= 11 is 0. The molecule has 0 fully saturated rings. The molecule has 4 nitrogen and oxygen atoms in total. The fraction of sp³-hybridized carbons (Fsp3) is 0.278. The number of ether oxygens (including phenoxy) is 2. The van der Waals surface area contributed by atoms with Gasteiger partial charge in [0, 0.05) is 5.56 Å². The molecule has 0 aliphatic heterocycles. The molecule has 4 heteroatoms. The molecule has 2 aromatic carbocycles. The van der Waals surface area contributed by atoms with Gasteiger partial charge in [-0.15, -0.1) is 0 Å². The Kier molecular flexibility index (Phi) is 5.42. The SMILES string of the molecule is Cc1ccc(C)c(OCCOc2ccccc2C=NO)c1C. The van der Waals surface area contributed by atoms with Gasteiger partial charge in [-0.25, -0.2) is 0 Å². The second-order valence-electron chi connectivity index (χ2n) is 5.13. The molecule has 116 valence electrons. The largest absolute Gasteiger partial charge is 0.489 e. The average Bonchev–Trinajstić information content (AvgIpc) is 2.52. The summed E-state index contributed by atoms with van der Waals surface area (Å²) in [5, 5.41) is 11.7. The predicted octanol–water partition coefficient (Wildman–Crippen LogP) is 3.88. The van der Waals surface area contributed by atoms with E-state index in [-0.39, 0.29) is 0 Å². The average molecular weight is 299 g/mol. The van der Waals surface area contributed by atoms with Gasteiger partial charge in [0.1, 0.15) is 24.7 Å². The normalized spacial score (nSPS) is 10.9. The van der Waals surface area contributed by atoms with Crippen molar-refractivity contribution in [1.82, 2.24) is 0 Å². The molecule has 0 bridgehead atoms. The van der Waals surface area contributed by atoms with Crippen LogP contribution in [-0.4, -0.2) is 24.6 Å². The molecule has 2 aromatic rings. The molecule has 0 heterocycles. The zero-order valence-corrected chi connectivity index (χ0v) is 13.2. The zero-order chi connectivity index (χ0) is 15.9. The smallest absolute Gasteiger partial charge is 0.128 e. The summed E-state index contributed by atoms with van der Waals surface area (Å²) in [5.74, 6) is 1.59. The van der Waals surface area contributed by atoms with Crippen LogP contribution in [0.2, 0.25) is 0 Å². The van der Waals surface area contributed by atoms with E-state index in [0.717, 1.165) is 22.4 Å². The molecule has 2 rings (SSSR count). The quantitative estimate of drug-likeness (QED) is 0.381. The maximum atomic E-state index is 8.64. The monoisotopic (exact) mass is 299 g/mol. The maximum absolute atomic E-state index is 8.64. The third-order valence-electron chi connectivity index (χ3n) is 3.58. The van der Waals surface area contributed by atoms with Crippen LogP contribution in [-0.2, 0) is 0 Å². The number of aryl methyl sites for hydroxylation is 2. The summed E-state index contributed by atoms with van der Waals surface area (Å²) in [6.45, 7) is 7.04. The number of oxime groups is 1. The Labute approximate surface area is 131 Å². The molecule has 0 aromatic heterocycles. The van der Waals surface area contributed by atoms with Crippen molar-refractivity contribution in [2.45, 2.75) is 20.8 Å². The number of benzene rings is 2. The van der Waals surface area contributed by atoms with E-state index >= 15 is 0 Å². The summed E-state index contributed by atoms with van der Waals surface area (Å²) in [6, 6.07) is 11.6. The second-order valence-corrected chi connectivity index (χ2v) is 5.13. The van der Waals surface area contributed by atoms with Crippen molar-refractivity contribution >= 4 is 6.21 Å². The fourth-order valence-electron chi connectivity index (χ4n) is 2.22. The number of hydrogen-bond donors (Lipinski definition) is 1. The lowest BCUT2D eigenvalue weighted by molar-refractivity contribution is 0.215. The highest BCUT2D eigenvalue weighted by molar-refractivity contribution is 5.82. The van der Waals surface area contributed by atoms with Crippen LogP contribution in [0, 0.1) is 20.8 Å². The fourth-order valence-corrected chi connectivity index (χ4v) is 2.22. The lowest BCUT2D eigenvalue weighted by Gasteiger charge is -2.14. The van der Waals surface area contributed by atoms with Gasteiger partial charge < -0.3 is 14.7 Å². The van der Waals surface area contributed by atoms with Crippen molar-refractivity contribution in [2.24, 2.45) is 5.16 Å². The van der Waals surface area contributed by atoms with Crippen LogP contribution in [0.1, 0.15) is 22.3 Å². The summed E-state index contributed by atoms with van der Waals surface area (Å²) in [7, 11) is 0. The van der Waals surface area contributed by atoms with E-state index < -0.39 is 0 Å². The molecule has 0 saturated carbocycles. The minimum atomic E-state index is 0.420. The number of hydrogen-bond acceptors (Lipinski definition) is 4. The van der Waals surface area contributed by atoms with Crippen molar-refractivity contribution in [3.63, 3.8) is 0 Å². The van der Waals surface area contributed by atoms with Crippen LogP contribution >= 0.6 is 0 Å². The van der Waals surface area contributed by atoms with Crippen LogP contribution in [0.5, 0.6) is 11.5 Å². The summed E-state index contributed by atoms with van der Waals surface area (Å²) in [4.78, 5) is 0.